The van der Waals surface area contributed by atoms with E-state index in [0.717, 1.165) is 11.1 Å². The molecule has 0 bridgehead atoms. The molecular formula is C17H18Cl2FN. The first-order valence-electron chi connectivity index (χ1n) is 6.82. The molecule has 0 aliphatic rings. The van der Waals surface area contributed by atoms with Gasteiger partial charge in [0.2, 0.25) is 0 Å². The highest BCUT2D eigenvalue weighted by molar-refractivity contribution is 6.33. The fourth-order valence-electron chi connectivity index (χ4n) is 2.36. The summed E-state index contributed by atoms with van der Waals surface area (Å²) in [6.45, 7) is 6.24. The van der Waals surface area contributed by atoms with E-state index in [-0.39, 0.29) is 11.9 Å². The monoisotopic (exact) mass is 325 g/mol. The Labute approximate surface area is 135 Å². The summed E-state index contributed by atoms with van der Waals surface area (Å²) in [4.78, 5) is 0. The van der Waals surface area contributed by atoms with E-state index in [1.54, 1.807) is 26.0 Å². The molecule has 0 saturated carbocycles. The SMILES string of the molecule is Cc1cc(CNC(C)c2cc(Cl)ccc2Cl)cc(C)c1F. The molecule has 0 heterocycles. The number of hydrogen-bond donors (Lipinski definition) is 1. The van der Waals surface area contributed by atoms with Crippen molar-refractivity contribution in [2.45, 2.75) is 33.4 Å². The summed E-state index contributed by atoms with van der Waals surface area (Å²) in [7, 11) is 0. The smallest absolute Gasteiger partial charge is 0.129 e. The quantitative estimate of drug-likeness (QED) is 0.771. The predicted octanol–water partition coefficient (Wildman–Crippen LogP) is 5.60. The third-order valence-electron chi connectivity index (χ3n) is 3.53. The van der Waals surface area contributed by atoms with E-state index in [1.807, 2.05) is 25.1 Å². The summed E-state index contributed by atoms with van der Waals surface area (Å²) in [5, 5.41) is 4.74. The van der Waals surface area contributed by atoms with Gasteiger partial charge in [-0.3, -0.25) is 0 Å². The van der Waals surface area contributed by atoms with Gasteiger partial charge in [0.15, 0.2) is 0 Å². The lowest BCUT2D eigenvalue weighted by atomic mass is 10.0. The van der Waals surface area contributed by atoms with Crippen LogP contribution in [0, 0.1) is 19.7 Å². The van der Waals surface area contributed by atoms with Gasteiger partial charge in [0.25, 0.3) is 0 Å². The maximum absolute atomic E-state index is 13.6. The summed E-state index contributed by atoms with van der Waals surface area (Å²) in [6.07, 6.45) is 0. The molecule has 1 atom stereocenters. The lowest BCUT2D eigenvalue weighted by Crippen LogP contribution is -2.18. The van der Waals surface area contributed by atoms with Crippen LogP contribution in [-0.4, -0.2) is 0 Å². The number of hydrogen-bond acceptors (Lipinski definition) is 1. The maximum atomic E-state index is 13.6. The Morgan fingerprint density at radius 1 is 1.10 bits per heavy atom. The minimum atomic E-state index is -0.135. The lowest BCUT2D eigenvalue weighted by Gasteiger charge is -2.17. The van der Waals surface area contributed by atoms with Crippen LogP contribution in [0.25, 0.3) is 0 Å². The van der Waals surface area contributed by atoms with E-state index in [4.69, 9.17) is 23.2 Å². The van der Waals surface area contributed by atoms with Gasteiger partial charge in [-0.15, -0.1) is 0 Å². The molecule has 1 unspecified atom stereocenters. The first-order chi connectivity index (χ1) is 9.88. The van der Waals surface area contributed by atoms with Gasteiger partial charge in [-0.1, -0.05) is 35.3 Å². The second-order valence-electron chi connectivity index (χ2n) is 5.31. The molecule has 2 aromatic carbocycles. The molecule has 21 heavy (non-hydrogen) atoms. The van der Waals surface area contributed by atoms with Crippen molar-refractivity contribution >= 4 is 23.2 Å². The fourth-order valence-corrected chi connectivity index (χ4v) is 2.83. The van der Waals surface area contributed by atoms with E-state index in [1.165, 1.54) is 0 Å². The van der Waals surface area contributed by atoms with E-state index in [9.17, 15) is 4.39 Å². The van der Waals surface area contributed by atoms with Crippen LogP contribution in [-0.2, 0) is 6.54 Å². The molecule has 4 heteroatoms. The van der Waals surface area contributed by atoms with Crippen LogP contribution < -0.4 is 5.32 Å². The van der Waals surface area contributed by atoms with Gasteiger partial charge in [-0.05, 0) is 61.2 Å². The molecule has 0 saturated heterocycles. The Hall–Kier alpha value is -1.09. The second kappa shape index (κ2) is 6.78. The summed E-state index contributed by atoms with van der Waals surface area (Å²) < 4.78 is 13.6. The van der Waals surface area contributed by atoms with Gasteiger partial charge in [-0.2, -0.15) is 0 Å². The van der Waals surface area contributed by atoms with Crippen LogP contribution in [0.15, 0.2) is 30.3 Å². The zero-order valence-corrected chi connectivity index (χ0v) is 13.8. The van der Waals surface area contributed by atoms with Crippen LogP contribution in [0.3, 0.4) is 0 Å². The predicted molar refractivity (Wildman–Crippen MR) is 87.6 cm³/mol. The Morgan fingerprint density at radius 3 is 2.33 bits per heavy atom. The van der Waals surface area contributed by atoms with Crippen molar-refractivity contribution < 1.29 is 4.39 Å². The molecule has 0 aliphatic carbocycles. The molecule has 0 spiro atoms. The molecule has 0 aromatic heterocycles. The van der Waals surface area contributed by atoms with Gasteiger partial charge in [0.05, 0.1) is 0 Å². The minimum Gasteiger partial charge on any atom is -0.306 e. The molecular weight excluding hydrogens is 308 g/mol. The van der Waals surface area contributed by atoms with Crippen LogP contribution in [0.1, 0.15) is 35.2 Å². The number of aryl methyl sites for hydroxylation is 2. The second-order valence-corrected chi connectivity index (χ2v) is 6.16. The fraction of sp³-hybridized carbons (Fsp3) is 0.294. The Kier molecular flexibility index (Phi) is 5.26. The largest absolute Gasteiger partial charge is 0.306 e. The summed E-state index contributed by atoms with van der Waals surface area (Å²) in [6, 6.07) is 9.21. The molecule has 112 valence electrons. The molecule has 0 radical (unpaired) electrons. The number of nitrogens with one attached hydrogen (secondary N) is 1. The lowest BCUT2D eigenvalue weighted by molar-refractivity contribution is 0.570. The molecule has 2 rings (SSSR count). The maximum Gasteiger partial charge on any atom is 0.129 e. The van der Waals surface area contributed by atoms with E-state index in [0.29, 0.717) is 27.7 Å². The Balaban J connectivity index is 2.11. The average Bonchev–Trinajstić information content (AvgIpc) is 2.44. The standard InChI is InChI=1S/C17H18Cl2FN/c1-10-6-13(7-11(2)17(10)20)9-21-12(3)15-8-14(18)4-5-16(15)19/h4-8,12,21H,9H2,1-3H3. The van der Waals surface area contributed by atoms with Crippen LogP contribution in [0.4, 0.5) is 4.39 Å². The van der Waals surface area contributed by atoms with E-state index in [2.05, 4.69) is 5.32 Å². The summed E-state index contributed by atoms with van der Waals surface area (Å²) in [5.41, 5.74) is 3.34. The van der Waals surface area contributed by atoms with Crippen LogP contribution >= 0.6 is 23.2 Å². The third kappa shape index (κ3) is 3.97. The summed E-state index contributed by atoms with van der Waals surface area (Å²) >= 11 is 12.2. The topological polar surface area (TPSA) is 12.0 Å². The molecule has 0 aliphatic heterocycles. The number of rotatable bonds is 4. The minimum absolute atomic E-state index is 0.0573. The number of benzene rings is 2. The van der Waals surface area contributed by atoms with Crippen LogP contribution in [0.5, 0.6) is 0 Å². The normalized spacial score (nSPS) is 12.5. The van der Waals surface area contributed by atoms with Crippen molar-refractivity contribution in [2.24, 2.45) is 0 Å². The van der Waals surface area contributed by atoms with Crippen molar-refractivity contribution in [1.82, 2.24) is 5.32 Å². The van der Waals surface area contributed by atoms with Gasteiger partial charge >= 0.3 is 0 Å². The molecule has 0 fully saturated rings. The van der Waals surface area contributed by atoms with Gasteiger partial charge < -0.3 is 5.32 Å². The highest BCUT2D eigenvalue weighted by Crippen LogP contribution is 2.26. The third-order valence-corrected chi connectivity index (χ3v) is 4.11. The highest BCUT2D eigenvalue weighted by Gasteiger charge is 2.11. The molecule has 1 N–H and O–H groups in total. The van der Waals surface area contributed by atoms with Gasteiger partial charge in [-0.25, -0.2) is 4.39 Å². The van der Waals surface area contributed by atoms with Crippen molar-refractivity contribution in [3.8, 4) is 0 Å². The Morgan fingerprint density at radius 2 is 1.71 bits per heavy atom. The van der Waals surface area contributed by atoms with Crippen molar-refractivity contribution in [1.29, 1.82) is 0 Å². The average molecular weight is 326 g/mol. The summed E-state index contributed by atoms with van der Waals surface area (Å²) in [5.74, 6) is -0.135. The Bertz CT molecular complexity index is 632. The van der Waals surface area contributed by atoms with Crippen molar-refractivity contribution in [3.63, 3.8) is 0 Å². The van der Waals surface area contributed by atoms with E-state index < -0.39 is 0 Å². The number of halogens is 3. The molecule has 1 nitrogen and oxygen atoms in total. The molecule has 2 aromatic rings. The van der Waals surface area contributed by atoms with Crippen LogP contribution in [0.2, 0.25) is 10.0 Å². The first kappa shape index (κ1) is 16.3. The first-order valence-corrected chi connectivity index (χ1v) is 7.58. The van der Waals surface area contributed by atoms with Gasteiger partial charge in [0, 0.05) is 22.6 Å². The van der Waals surface area contributed by atoms with Gasteiger partial charge in [0.1, 0.15) is 5.82 Å². The van der Waals surface area contributed by atoms with Crippen molar-refractivity contribution in [2.75, 3.05) is 0 Å². The highest BCUT2D eigenvalue weighted by atomic mass is 35.5. The van der Waals surface area contributed by atoms with Crippen molar-refractivity contribution in [3.05, 3.63) is 68.4 Å². The zero-order valence-electron chi connectivity index (χ0n) is 12.3. The van der Waals surface area contributed by atoms with E-state index >= 15 is 0 Å². The zero-order chi connectivity index (χ0) is 15.6. The molecule has 0 amide bonds.